The number of fused-ring (bicyclic) bond motifs is 1. The molecule has 0 unspecified atom stereocenters. The highest BCUT2D eigenvalue weighted by molar-refractivity contribution is 5.98. The van der Waals surface area contributed by atoms with Crippen LogP contribution in [-0.2, 0) is 13.2 Å². The lowest BCUT2D eigenvalue weighted by atomic mass is 10.1. The lowest BCUT2D eigenvalue weighted by molar-refractivity contribution is 0.0948. The number of carbonyl (C=O) groups excluding carboxylic acids is 1. The Morgan fingerprint density at radius 1 is 0.809 bits per heavy atom. The van der Waals surface area contributed by atoms with Crippen LogP contribution in [0.1, 0.15) is 28.0 Å². The Hall–Kier alpha value is -5.67. The van der Waals surface area contributed by atoms with E-state index in [1.165, 1.54) is 0 Å². The summed E-state index contributed by atoms with van der Waals surface area (Å²) >= 11 is 0. The Morgan fingerprint density at radius 2 is 1.49 bits per heavy atom. The molecule has 6 rings (SSSR count). The van der Waals surface area contributed by atoms with E-state index in [1.54, 1.807) is 6.20 Å². The topological polar surface area (TPSA) is 104 Å². The van der Waals surface area contributed by atoms with Crippen molar-refractivity contribution in [3.05, 3.63) is 132 Å². The summed E-state index contributed by atoms with van der Waals surface area (Å²) in [6, 6.07) is 35.5. The summed E-state index contributed by atoms with van der Waals surface area (Å²) in [6.45, 7) is 2.40. The average Bonchev–Trinajstić information content (AvgIpc) is 3.53. The van der Waals surface area contributed by atoms with E-state index in [-0.39, 0.29) is 5.91 Å². The van der Waals surface area contributed by atoms with Crippen molar-refractivity contribution in [3.8, 4) is 22.8 Å². The molecule has 0 aliphatic carbocycles. The van der Waals surface area contributed by atoms with Gasteiger partial charge in [0.1, 0.15) is 30.4 Å². The van der Waals surface area contributed by atoms with E-state index >= 15 is 0 Å². The molecule has 0 spiro atoms. The minimum atomic E-state index is -0.118. The van der Waals surface area contributed by atoms with Crippen LogP contribution in [0.4, 0.5) is 11.6 Å². The van der Waals surface area contributed by atoms with Gasteiger partial charge in [-0.2, -0.15) is 0 Å². The van der Waals surface area contributed by atoms with Crippen molar-refractivity contribution in [2.75, 3.05) is 32.5 Å². The van der Waals surface area contributed by atoms with E-state index in [0.717, 1.165) is 46.2 Å². The van der Waals surface area contributed by atoms with Gasteiger partial charge in [0.15, 0.2) is 0 Å². The molecular formula is C38H38N6O3. The van der Waals surface area contributed by atoms with Crippen molar-refractivity contribution in [1.29, 1.82) is 0 Å². The van der Waals surface area contributed by atoms with Crippen LogP contribution in [-0.4, -0.2) is 52.9 Å². The fourth-order valence-corrected chi connectivity index (χ4v) is 5.10. The van der Waals surface area contributed by atoms with Gasteiger partial charge in [0, 0.05) is 41.0 Å². The number of H-pyrrole nitrogens is 1. The van der Waals surface area contributed by atoms with Crippen LogP contribution >= 0.6 is 0 Å². The Morgan fingerprint density at radius 3 is 2.15 bits per heavy atom. The Kier molecular flexibility index (Phi) is 10.0. The summed E-state index contributed by atoms with van der Waals surface area (Å²) in [4.78, 5) is 27.3. The number of benzene rings is 4. The molecule has 2 heterocycles. The number of carbonyl (C=O) groups is 1. The number of rotatable bonds is 14. The maximum Gasteiger partial charge on any atom is 0.267 e. The first-order chi connectivity index (χ1) is 23.0. The van der Waals surface area contributed by atoms with Gasteiger partial charge in [-0.15, -0.1) is 0 Å². The number of nitrogens with zero attached hydrogens (tertiary/aromatic N) is 3. The van der Waals surface area contributed by atoms with Gasteiger partial charge in [-0.3, -0.25) is 4.79 Å². The molecule has 0 saturated carbocycles. The van der Waals surface area contributed by atoms with Crippen LogP contribution < -0.4 is 20.1 Å². The molecule has 3 N–H and O–H groups in total. The Balaban J connectivity index is 1.19. The molecular weight excluding hydrogens is 588 g/mol. The number of aromatic nitrogens is 3. The summed E-state index contributed by atoms with van der Waals surface area (Å²) in [6.07, 6.45) is 2.61. The summed E-state index contributed by atoms with van der Waals surface area (Å²) in [5.41, 5.74) is 5.91. The van der Waals surface area contributed by atoms with Crippen molar-refractivity contribution in [2.24, 2.45) is 0 Å². The molecule has 0 bridgehead atoms. The summed E-state index contributed by atoms with van der Waals surface area (Å²) in [5.74, 6) is 1.68. The summed E-state index contributed by atoms with van der Waals surface area (Å²) in [7, 11) is 4.04. The van der Waals surface area contributed by atoms with Crippen molar-refractivity contribution in [3.63, 3.8) is 0 Å². The highest BCUT2D eigenvalue weighted by atomic mass is 16.5. The molecule has 0 aliphatic rings. The number of ether oxygens (including phenoxy) is 2. The first-order valence-corrected chi connectivity index (χ1v) is 15.6. The van der Waals surface area contributed by atoms with Crippen LogP contribution in [0.5, 0.6) is 11.5 Å². The fourth-order valence-electron chi connectivity index (χ4n) is 5.10. The molecule has 2 aromatic heterocycles. The van der Waals surface area contributed by atoms with Gasteiger partial charge in [-0.05, 0) is 80.7 Å². The third-order valence-corrected chi connectivity index (χ3v) is 7.52. The van der Waals surface area contributed by atoms with Gasteiger partial charge in [0.25, 0.3) is 5.91 Å². The normalized spacial score (nSPS) is 11.0. The number of aromatic amines is 1. The summed E-state index contributed by atoms with van der Waals surface area (Å²) in [5, 5.41) is 7.21. The van der Waals surface area contributed by atoms with Crippen molar-refractivity contribution >= 4 is 28.4 Å². The molecule has 0 atom stereocenters. The maximum absolute atomic E-state index is 12.7. The molecule has 1 amide bonds. The van der Waals surface area contributed by atoms with E-state index in [9.17, 15) is 4.79 Å². The first kappa shape index (κ1) is 31.3. The van der Waals surface area contributed by atoms with Crippen molar-refractivity contribution in [1.82, 2.24) is 25.2 Å². The lowest BCUT2D eigenvalue weighted by Gasteiger charge is -2.13. The van der Waals surface area contributed by atoms with Crippen LogP contribution in [0.2, 0.25) is 0 Å². The molecule has 0 aliphatic heterocycles. The van der Waals surface area contributed by atoms with Gasteiger partial charge in [-0.1, -0.05) is 60.7 Å². The number of hydrogen-bond donors (Lipinski definition) is 3. The Labute approximate surface area is 274 Å². The summed E-state index contributed by atoms with van der Waals surface area (Å²) < 4.78 is 12.4. The molecule has 9 heteroatoms. The van der Waals surface area contributed by atoms with E-state index in [4.69, 9.17) is 14.5 Å². The van der Waals surface area contributed by atoms with E-state index in [1.807, 2.05) is 123 Å². The predicted molar refractivity (Wildman–Crippen MR) is 186 cm³/mol. The minimum absolute atomic E-state index is 0.118. The van der Waals surface area contributed by atoms with Gasteiger partial charge in [0.2, 0.25) is 5.95 Å². The third-order valence-electron chi connectivity index (χ3n) is 7.52. The fraction of sp³-hybridized carbons (Fsp3) is 0.184. The van der Waals surface area contributed by atoms with Gasteiger partial charge in [0.05, 0.1) is 5.69 Å². The minimum Gasteiger partial charge on any atom is -0.489 e. The highest BCUT2D eigenvalue weighted by Gasteiger charge is 2.12. The quantitative estimate of drug-likeness (QED) is 0.110. The van der Waals surface area contributed by atoms with Crippen LogP contribution in [0.3, 0.4) is 0 Å². The monoisotopic (exact) mass is 626 g/mol. The second-order valence-electron chi connectivity index (χ2n) is 11.5. The molecule has 9 nitrogen and oxygen atoms in total. The number of hydrogen-bond acceptors (Lipinski definition) is 7. The van der Waals surface area contributed by atoms with Gasteiger partial charge < -0.3 is 30.0 Å². The zero-order valence-corrected chi connectivity index (χ0v) is 26.6. The maximum atomic E-state index is 12.7. The average molecular weight is 627 g/mol. The molecule has 0 saturated heterocycles. The van der Waals surface area contributed by atoms with E-state index in [0.29, 0.717) is 48.6 Å². The van der Waals surface area contributed by atoms with E-state index < -0.39 is 0 Å². The zero-order valence-electron chi connectivity index (χ0n) is 26.6. The van der Waals surface area contributed by atoms with Gasteiger partial charge >= 0.3 is 0 Å². The standard InChI is InChI=1S/C38H38N6O3/c1-44(2)19-9-17-39-37(45)36-23-29-20-31(14-15-34(29)42-36)41-38-40-18-16-35(43-38)30-21-32(46-25-27-10-5-3-6-11-27)24-33(22-30)47-26-28-12-7-4-8-13-28/h3-8,10-16,18,20-24,42H,9,17,19,25-26H2,1-2H3,(H,39,45)(H,40,41,43). The van der Waals surface area contributed by atoms with Crippen LogP contribution in [0, 0.1) is 0 Å². The van der Waals surface area contributed by atoms with Crippen molar-refractivity contribution in [2.45, 2.75) is 19.6 Å². The second kappa shape index (κ2) is 15.1. The molecule has 6 aromatic rings. The molecule has 47 heavy (non-hydrogen) atoms. The lowest BCUT2D eigenvalue weighted by Crippen LogP contribution is -2.27. The number of anilines is 2. The third kappa shape index (κ3) is 8.74. The molecule has 238 valence electrons. The largest absolute Gasteiger partial charge is 0.489 e. The molecule has 0 radical (unpaired) electrons. The van der Waals surface area contributed by atoms with Crippen LogP contribution in [0.15, 0.2) is 115 Å². The Bertz CT molecular complexity index is 1860. The number of amides is 1. The zero-order chi connectivity index (χ0) is 32.4. The van der Waals surface area contributed by atoms with Crippen molar-refractivity contribution < 1.29 is 14.3 Å². The first-order valence-electron chi connectivity index (χ1n) is 15.6. The van der Waals surface area contributed by atoms with Gasteiger partial charge in [-0.25, -0.2) is 9.97 Å². The molecule has 4 aromatic carbocycles. The van der Waals surface area contributed by atoms with E-state index in [2.05, 4.69) is 25.5 Å². The molecule has 0 fully saturated rings. The smallest absolute Gasteiger partial charge is 0.267 e. The van der Waals surface area contributed by atoms with Crippen LogP contribution in [0.25, 0.3) is 22.2 Å². The highest BCUT2D eigenvalue weighted by Crippen LogP contribution is 2.31. The SMILES string of the molecule is CN(C)CCCNC(=O)c1cc2cc(Nc3nccc(-c4cc(OCc5ccccc5)cc(OCc5ccccc5)c4)n3)ccc2[nH]1. The number of nitrogens with one attached hydrogen (secondary N) is 3. The second-order valence-corrected chi connectivity index (χ2v) is 11.5. The predicted octanol–water partition coefficient (Wildman–Crippen LogP) is 7.21.